The zero-order valence-corrected chi connectivity index (χ0v) is 13.0. The van der Waals surface area contributed by atoms with Crippen molar-refractivity contribution in [2.45, 2.75) is 40.2 Å². The molecular weight excluding hydrogens is 254 g/mol. The number of hydrogen-bond acceptors (Lipinski definition) is 2. The predicted molar refractivity (Wildman–Crippen MR) is 77.0 cm³/mol. The van der Waals surface area contributed by atoms with Crippen LogP contribution in [-0.2, 0) is 9.59 Å². The van der Waals surface area contributed by atoms with Crippen molar-refractivity contribution < 1.29 is 14.7 Å². The van der Waals surface area contributed by atoms with Gasteiger partial charge < -0.3 is 10.0 Å². The van der Waals surface area contributed by atoms with Gasteiger partial charge in [0.15, 0.2) is 0 Å². The summed E-state index contributed by atoms with van der Waals surface area (Å²) in [4.78, 5) is 26.0. The molecule has 2 aliphatic rings. The second kappa shape index (κ2) is 4.90. The van der Waals surface area contributed by atoms with E-state index < -0.39 is 17.8 Å². The van der Waals surface area contributed by atoms with E-state index in [2.05, 4.69) is 20.8 Å². The van der Waals surface area contributed by atoms with Gasteiger partial charge in [-0.3, -0.25) is 9.59 Å². The van der Waals surface area contributed by atoms with Gasteiger partial charge in [-0.05, 0) is 30.6 Å². The molecule has 2 bridgehead atoms. The number of fused-ring (bicyclic) bond motifs is 2. The van der Waals surface area contributed by atoms with Crippen molar-refractivity contribution in [1.29, 1.82) is 0 Å². The first kappa shape index (κ1) is 15.1. The third-order valence-electron chi connectivity index (χ3n) is 5.21. The maximum atomic E-state index is 12.8. The van der Waals surface area contributed by atoms with Gasteiger partial charge in [0, 0.05) is 13.1 Å². The molecule has 1 saturated carbocycles. The zero-order valence-electron chi connectivity index (χ0n) is 13.0. The second-order valence-corrected chi connectivity index (χ2v) is 7.33. The number of carbonyl (C=O) groups is 2. The maximum Gasteiger partial charge on any atom is 0.307 e. The zero-order chi connectivity index (χ0) is 15.2. The van der Waals surface area contributed by atoms with Crippen LogP contribution in [0.3, 0.4) is 0 Å². The second-order valence-electron chi connectivity index (χ2n) is 7.33. The molecule has 1 N–H and O–H groups in total. The monoisotopic (exact) mass is 279 g/mol. The summed E-state index contributed by atoms with van der Waals surface area (Å²) in [5, 5.41) is 9.43. The van der Waals surface area contributed by atoms with E-state index in [0.29, 0.717) is 0 Å². The van der Waals surface area contributed by atoms with Gasteiger partial charge in [0.2, 0.25) is 5.91 Å². The number of amides is 1. The van der Waals surface area contributed by atoms with Gasteiger partial charge in [-0.1, -0.05) is 32.9 Å². The van der Waals surface area contributed by atoms with Crippen LogP contribution in [0.2, 0.25) is 0 Å². The number of allylic oxidation sites excluding steroid dienone is 2. The van der Waals surface area contributed by atoms with E-state index in [1.165, 1.54) is 0 Å². The van der Waals surface area contributed by atoms with Crippen LogP contribution in [0.15, 0.2) is 12.2 Å². The smallest absolute Gasteiger partial charge is 0.307 e. The van der Waals surface area contributed by atoms with Gasteiger partial charge in [-0.2, -0.15) is 0 Å². The lowest BCUT2D eigenvalue weighted by Crippen LogP contribution is -2.48. The van der Waals surface area contributed by atoms with Gasteiger partial charge in [0.1, 0.15) is 0 Å². The number of carboxylic acid groups (broad SMARTS) is 1. The summed E-state index contributed by atoms with van der Waals surface area (Å²) < 4.78 is 0. The van der Waals surface area contributed by atoms with Crippen molar-refractivity contribution in [2.75, 3.05) is 7.05 Å². The Bertz CT molecular complexity index is 449. The number of nitrogens with zero attached hydrogens (tertiary/aromatic N) is 1. The van der Waals surface area contributed by atoms with Gasteiger partial charge >= 0.3 is 5.97 Å². The summed E-state index contributed by atoms with van der Waals surface area (Å²) in [6.45, 7) is 8.31. The van der Waals surface area contributed by atoms with Crippen LogP contribution in [0.1, 0.15) is 34.1 Å². The van der Waals surface area contributed by atoms with Crippen LogP contribution in [0.25, 0.3) is 0 Å². The molecule has 0 heterocycles. The van der Waals surface area contributed by atoms with Crippen molar-refractivity contribution in [3.8, 4) is 0 Å². The molecule has 0 aromatic heterocycles. The van der Waals surface area contributed by atoms with Crippen LogP contribution >= 0.6 is 0 Å². The van der Waals surface area contributed by atoms with Gasteiger partial charge in [-0.15, -0.1) is 0 Å². The first-order valence-electron chi connectivity index (χ1n) is 7.32. The molecule has 5 atom stereocenters. The topological polar surface area (TPSA) is 57.6 Å². The summed E-state index contributed by atoms with van der Waals surface area (Å²) >= 11 is 0. The predicted octanol–water partition coefficient (Wildman–Crippen LogP) is 2.40. The highest BCUT2D eigenvalue weighted by atomic mass is 16.4. The molecule has 0 aliphatic heterocycles. The van der Waals surface area contributed by atoms with Crippen LogP contribution in [0, 0.1) is 29.1 Å². The number of hydrogen-bond donors (Lipinski definition) is 1. The Morgan fingerprint density at radius 2 is 1.70 bits per heavy atom. The molecule has 0 aromatic carbocycles. The number of carbonyl (C=O) groups excluding carboxylic acids is 1. The Morgan fingerprint density at radius 3 is 2.15 bits per heavy atom. The molecule has 0 saturated heterocycles. The molecule has 4 nitrogen and oxygen atoms in total. The Labute approximate surface area is 120 Å². The van der Waals surface area contributed by atoms with Crippen LogP contribution in [0.5, 0.6) is 0 Å². The van der Waals surface area contributed by atoms with Gasteiger partial charge in [0.05, 0.1) is 11.8 Å². The molecule has 2 rings (SSSR count). The molecule has 0 spiro atoms. The fourth-order valence-electron chi connectivity index (χ4n) is 3.50. The molecule has 2 aliphatic carbocycles. The molecule has 1 fully saturated rings. The van der Waals surface area contributed by atoms with Crippen molar-refractivity contribution in [3.05, 3.63) is 12.2 Å². The molecular formula is C16H25NO3. The van der Waals surface area contributed by atoms with Crippen molar-refractivity contribution in [1.82, 2.24) is 4.90 Å². The molecule has 20 heavy (non-hydrogen) atoms. The first-order valence-corrected chi connectivity index (χ1v) is 7.32. The minimum atomic E-state index is -0.836. The highest BCUT2D eigenvalue weighted by Crippen LogP contribution is 2.49. The van der Waals surface area contributed by atoms with E-state index in [4.69, 9.17) is 0 Å². The Kier molecular flexibility index (Phi) is 3.69. The summed E-state index contributed by atoms with van der Waals surface area (Å²) in [5.74, 6) is -1.66. The lowest BCUT2D eigenvalue weighted by Gasteiger charge is -2.38. The summed E-state index contributed by atoms with van der Waals surface area (Å²) in [5.41, 5.74) is -0.0173. The minimum absolute atomic E-state index is 0.0170. The summed E-state index contributed by atoms with van der Waals surface area (Å²) in [7, 11) is 1.80. The quantitative estimate of drug-likeness (QED) is 0.807. The highest BCUT2D eigenvalue weighted by molar-refractivity contribution is 5.87. The van der Waals surface area contributed by atoms with Gasteiger partial charge in [0.25, 0.3) is 0 Å². The normalized spacial score (nSPS) is 33.2. The highest BCUT2D eigenvalue weighted by Gasteiger charge is 2.52. The average molecular weight is 279 g/mol. The molecule has 1 amide bonds. The van der Waals surface area contributed by atoms with E-state index in [1.807, 2.05) is 19.1 Å². The van der Waals surface area contributed by atoms with Crippen LogP contribution in [-0.4, -0.2) is 35.0 Å². The SMILES string of the molecule is CC(N(C)C(=O)C1C2C=CC(C2)C1C(=O)O)C(C)(C)C. The fraction of sp³-hybridized carbons (Fsp3) is 0.750. The van der Waals surface area contributed by atoms with E-state index in [1.54, 1.807) is 11.9 Å². The number of carboxylic acids is 1. The van der Waals surface area contributed by atoms with Crippen LogP contribution in [0.4, 0.5) is 0 Å². The third kappa shape index (κ3) is 2.36. The number of rotatable bonds is 3. The number of aliphatic carboxylic acids is 1. The molecule has 112 valence electrons. The van der Waals surface area contributed by atoms with Crippen molar-refractivity contribution >= 4 is 11.9 Å². The molecule has 5 unspecified atom stereocenters. The molecule has 0 radical (unpaired) electrons. The lowest BCUT2D eigenvalue weighted by atomic mass is 9.80. The third-order valence-corrected chi connectivity index (χ3v) is 5.21. The Morgan fingerprint density at radius 1 is 1.20 bits per heavy atom. The summed E-state index contributed by atoms with van der Waals surface area (Å²) in [6.07, 6.45) is 4.81. The fourth-order valence-corrected chi connectivity index (χ4v) is 3.50. The van der Waals surface area contributed by atoms with Gasteiger partial charge in [-0.25, -0.2) is 0 Å². The van der Waals surface area contributed by atoms with E-state index in [0.717, 1.165) is 6.42 Å². The van der Waals surface area contributed by atoms with Crippen LogP contribution < -0.4 is 0 Å². The largest absolute Gasteiger partial charge is 0.481 e. The van der Waals surface area contributed by atoms with Crippen molar-refractivity contribution in [3.63, 3.8) is 0 Å². The Hall–Kier alpha value is -1.32. The van der Waals surface area contributed by atoms with E-state index in [-0.39, 0.29) is 29.2 Å². The molecule has 0 aromatic rings. The Balaban J connectivity index is 2.20. The lowest BCUT2D eigenvalue weighted by molar-refractivity contribution is -0.152. The molecule has 4 heteroatoms. The first-order chi connectivity index (χ1) is 9.14. The maximum absolute atomic E-state index is 12.8. The van der Waals surface area contributed by atoms with Crippen molar-refractivity contribution in [2.24, 2.45) is 29.1 Å². The van der Waals surface area contributed by atoms with E-state index >= 15 is 0 Å². The summed E-state index contributed by atoms with van der Waals surface area (Å²) in [6, 6.07) is 0.0764. The van der Waals surface area contributed by atoms with E-state index in [9.17, 15) is 14.7 Å². The average Bonchev–Trinajstić information content (AvgIpc) is 2.94. The minimum Gasteiger partial charge on any atom is -0.481 e. The standard InChI is InChI=1S/C16H25NO3/c1-9(16(2,3)4)17(5)14(18)12-10-6-7-11(8-10)13(12)15(19)20/h6-7,9-13H,8H2,1-5H3,(H,19,20).